The minimum Gasteiger partial charge on any atom is -0.374 e. The Morgan fingerprint density at radius 3 is 2.67 bits per heavy atom. The summed E-state index contributed by atoms with van der Waals surface area (Å²) < 4.78 is 19.0. The average Bonchev–Trinajstić information content (AvgIpc) is 3.24. The molecule has 1 N–H and O–H groups in total. The number of carbonyl (C=O) groups is 1. The van der Waals surface area contributed by atoms with Crippen LogP contribution in [0.15, 0.2) is 48.8 Å². The van der Waals surface area contributed by atoms with Gasteiger partial charge in [0.05, 0.1) is 24.2 Å². The van der Waals surface area contributed by atoms with Gasteiger partial charge in [-0.25, -0.2) is 4.39 Å². The summed E-state index contributed by atoms with van der Waals surface area (Å²) in [5, 5.41) is 3.11. The van der Waals surface area contributed by atoms with Crippen molar-refractivity contribution in [3.8, 4) is 0 Å². The number of pyridine rings is 1. The molecule has 0 aliphatic carbocycles. The maximum atomic E-state index is 13.2. The van der Waals surface area contributed by atoms with Gasteiger partial charge in [0.25, 0.3) is 0 Å². The Morgan fingerprint density at radius 1 is 1.21 bits per heavy atom. The SMILES string of the molecule is O=C(N[C@@H](c1ccc(F)cc1)c1cccnc1)[C@H]1C[C@H]2CC[C@H]1O2. The van der Waals surface area contributed by atoms with Crippen LogP contribution in [0.4, 0.5) is 4.39 Å². The molecule has 0 unspecified atom stereocenters. The van der Waals surface area contributed by atoms with Crippen LogP contribution < -0.4 is 5.32 Å². The van der Waals surface area contributed by atoms with E-state index in [-0.39, 0.29) is 35.9 Å². The van der Waals surface area contributed by atoms with Gasteiger partial charge < -0.3 is 10.1 Å². The van der Waals surface area contributed by atoms with Gasteiger partial charge in [0.2, 0.25) is 5.91 Å². The summed E-state index contributed by atoms with van der Waals surface area (Å²) in [5.74, 6) is -0.389. The van der Waals surface area contributed by atoms with Crippen LogP contribution in [-0.4, -0.2) is 23.1 Å². The lowest BCUT2D eigenvalue weighted by atomic mass is 9.88. The Morgan fingerprint density at radius 2 is 2.04 bits per heavy atom. The van der Waals surface area contributed by atoms with E-state index in [1.54, 1.807) is 24.5 Å². The third-order valence-corrected chi connectivity index (χ3v) is 4.95. The summed E-state index contributed by atoms with van der Waals surface area (Å²) in [6.45, 7) is 0. The van der Waals surface area contributed by atoms with Gasteiger partial charge in [-0.15, -0.1) is 0 Å². The molecule has 4 atom stereocenters. The number of fused-ring (bicyclic) bond motifs is 2. The zero-order chi connectivity index (χ0) is 16.5. The lowest BCUT2D eigenvalue weighted by molar-refractivity contribution is -0.127. The number of amides is 1. The topological polar surface area (TPSA) is 51.2 Å². The van der Waals surface area contributed by atoms with Crippen molar-refractivity contribution in [3.63, 3.8) is 0 Å². The van der Waals surface area contributed by atoms with Crippen molar-refractivity contribution < 1.29 is 13.9 Å². The second kappa shape index (κ2) is 6.32. The summed E-state index contributed by atoms with van der Waals surface area (Å²) in [6, 6.07) is 9.62. The van der Waals surface area contributed by atoms with Crippen molar-refractivity contribution in [3.05, 3.63) is 65.7 Å². The highest BCUT2D eigenvalue weighted by Gasteiger charge is 2.44. The molecule has 2 aromatic rings. The van der Waals surface area contributed by atoms with Crippen LogP contribution in [0, 0.1) is 11.7 Å². The third-order valence-electron chi connectivity index (χ3n) is 4.95. The largest absolute Gasteiger partial charge is 0.374 e. The van der Waals surface area contributed by atoms with Crippen LogP contribution in [0.25, 0.3) is 0 Å². The molecule has 2 fully saturated rings. The first-order chi connectivity index (χ1) is 11.7. The molecule has 0 radical (unpaired) electrons. The summed E-state index contributed by atoms with van der Waals surface area (Å²) in [5.41, 5.74) is 1.71. The smallest absolute Gasteiger partial charge is 0.226 e. The minimum atomic E-state index is -0.342. The predicted octanol–water partition coefficient (Wildman–Crippen LogP) is 2.99. The monoisotopic (exact) mass is 326 g/mol. The summed E-state index contributed by atoms with van der Waals surface area (Å²) in [4.78, 5) is 16.9. The van der Waals surface area contributed by atoms with Crippen molar-refractivity contribution in [2.45, 2.75) is 37.5 Å². The predicted molar refractivity (Wildman–Crippen MR) is 86.6 cm³/mol. The molecule has 1 aromatic heterocycles. The van der Waals surface area contributed by atoms with Crippen LogP contribution in [0.1, 0.15) is 36.4 Å². The molecule has 1 aromatic carbocycles. The molecular weight excluding hydrogens is 307 g/mol. The van der Waals surface area contributed by atoms with Gasteiger partial charge in [-0.2, -0.15) is 0 Å². The fourth-order valence-electron chi connectivity index (χ4n) is 3.72. The van der Waals surface area contributed by atoms with Gasteiger partial charge in [-0.1, -0.05) is 18.2 Å². The van der Waals surface area contributed by atoms with E-state index < -0.39 is 0 Å². The Labute approximate surface area is 140 Å². The fraction of sp³-hybridized carbons (Fsp3) is 0.368. The second-order valence-electron chi connectivity index (χ2n) is 6.50. The highest BCUT2D eigenvalue weighted by molar-refractivity contribution is 5.80. The Balaban J connectivity index is 1.58. The van der Waals surface area contributed by atoms with Gasteiger partial charge in [-0.05, 0) is 48.6 Å². The minimum absolute atomic E-state index is 0.000350. The number of hydrogen-bond acceptors (Lipinski definition) is 3. The molecule has 2 saturated heterocycles. The number of carbonyl (C=O) groups excluding carboxylic acids is 1. The summed E-state index contributed by atoms with van der Waals surface area (Å²) in [7, 11) is 0. The Kier molecular flexibility index (Phi) is 4.02. The second-order valence-corrected chi connectivity index (χ2v) is 6.50. The molecule has 4 rings (SSSR count). The van der Waals surface area contributed by atoms with Crippen molar-refractivity contribution in [2.75, 3.05) is 0 Å². The summed E-state index contributed by atoms with van der Waals surface area (Å²) in [6.07, 6.45) is 6.49. The van der Waals surface area contributed by atoms with E-state index in [1.165, 1.54) is 12.1 Å². The van der Waals surface area contributed by atoms with E-state index in [0.717, 1.165) is 30.4 Å². The Hall–Kier alpha value is -2.27. The average molecular weight is 326 g/mol. The number of rotatable bonds is 4. The normalized spacial score (nSPS) is 26.3. The van der Waals surface area contributed by atoms with Crippen LogP contribution in [0.5, 0.6) is 0 Å². The number of benzene rings is 1. The van der Waals surface area contributed by atoms with E-state index in [9.17, 15) is 9.18 Å². The molecule has 4 nitrogen and oxygen atoms in total. The van der Waals surface area contributed by atoms with Crippen molar-refractivity contribution in [1.29, 1.82) is 0 Å². The molecule has 124 valence electrons. The third kappa shape index (κ3) is 2.91. The number of halogens is 1. The number of nitrogens with one attached hydrogen (secondary N) is 1. The van der Waals surface area contributed by atoms with Gasteiger partial charge in [0.15, 0.2) is 0 Å². The first kappa shape index (κ1) is 15.3. The van der Waals surface area contributed by atoms with Gasteiger partial charge >= 0.3 is 0 Å². The number of ether oxygens (including phenoxy) is 1. The van der Waals surface area contributed by atoms with Crippen LogP contribution in [0.2, 0.25) is 0 Å². The van der Waals surface area contributed by atoms with E-state index >= 15 is 0 Å². The van der Waals surface area contributed by atoms with Crippen LogP contribution in [-0.2, 0) is 9.53 Å². The molecule has 2 bridgehead atoms. The molecular formula is C19H19FN2O2. The lowest BCUT2D eigenvalue weighted by Gasteiger charge is -2.24. The van der Waals surface area contributed by atoms with Crippen molar-refractivity contribution >= 4 is 5.91 Å². The van der Waals surface area contributed by atoms with Crippen molar-refractivity contribution in [1.82, 2.24) is 10.3 Å². The molecule has 0 spiro atoms. The quantitative estimate of drug-likeness (QED) is 0.940. The molecule has 0 saturated carbocycles. The molecule has 2 aliphatic heterocycles. The van der Waals surface area contributed by atoms with Crippen LogP contribution in [0.3, 0.4) is 0 Å². The van der Waals surface area contributed by atoms with E-state index in [4.69, 9.17) is 4.74 Å². The van der Waals surface area contributed by atoms with Crippen molar-refractivity contribution in [2.24, 2.45) is 5.92 Å². The highest BCUT2D eigenvalue weighted by atomic mass is 19.1. The molecule has 1 amide bonds. The lowest BCUT2D eigenvalue weighted by Crippen LogP contribution is -2.38. The van der Waals surface area contributed by atoms with Gasteiger partial charge in [0.1, 0.15) is 5.82 Å². The van der Waals surface area contributed by atoms with E-state index in [2.05, 4.69) is 10.3 Å². The molecule has 24 heavy (non-hydrogen) atoms. The molecule has 5 heteroatoms. The first-order valence-corrected chi connectivity index (χ1v) is 8.32. The van der Waals surface area contributed by atoms with E-state index in [1.807, 2.05) is 12.1 Å². The molecule has 2 aliphatic rings. The standard InChI is InChI=1S/C19H19FN2O2/c20-14-5-3-12(4-6-14)18(13-2-1-9-21-11-13)22-19(23)16-10-15-7-8-17(16)24-15/h1-6,9,11,15-18H,7-8,10H2,(H,22,23)/t15-,16+,17-,18+/m1/s1. The highest BCUT2D eigenvalue weighted by Crippen LogP contribution is 2.39. The zero-order valence-electron chi connectivity index (χ0n) is 13.2. The summed E-state index contributed by atoms with van der Waals surface area (Å²) >= 11 is 0. The maximum absolute atomic E-state index is 13.2. The number of nitrogens with zero attached hydrogens (tertiary/aromatic N) is 1. The Bertz CT molecular complexity index is 720. The maximum Gasteiger partial charge on any atom is 0.226 e. The van der Waals surface area contributed by atoms with Gasteiger partial charge in [-0.3, -0.25) is 9.78 Å². The number of hydrogen-bond donors (Lipinski definition) is 1. The molecule has 3 heterocycles. The zero-order valence-corrected chi connectivity index (χ0v) is 13.2. The fourth-order valence-corrected chi connectivity index (χ4v) is 3.72. The first-order valence-electron chi connectivity index (χ1n) is 8.32. The number of aromatic nitrogens is 1. The van der Waals surface area contributed by atoms with Gasteiger partial charge in [0, 0.05) is 12.4 Å². The van der Waals surface area contributed by atoms with E-state index in [0.29, 0.717) is 0 Å². The van der Waals surface area contributed by atoms with Crippen LogP contribution >= 0.6 is 0 Å².